The van der Waals surface area contributed by atoms with Crippen molar-refractivity contribution in [1.29, 1.82) is 0 Å². The number of methoxy groups -OCH3 is 1. The first-order valence-electron chi connectivity index (χ1n) is 11.8. The molecule has 7 rings (SSSR count). The maximum absolute atomic E-state index is 13.5. The molecule has 0 saturated heterocycles. The Morgan fingerprint density at radius 3 is 2.44 bits per heavy atom. The molecule has 7 aromatic rings. The lowest BCUT2D eigenvalue weighted by Gasteiger charge is -2.11. The van der Waals surface area contributed by atoms with Crippen LogP contribution in [0.2, 0.25) is 0 Å². The van der Waals surface area contributed by atoms with Crippen LogP contribution in [0.5, 0.6) is 5.75 Å². The summed E-state index contributed by atoms with van der Waals surface area (Å²) in [6.45, 7) is 2.05. The lowest BCUT2D eigenvalue weighted by Crippen LogP contribution is -1.99. The van der Waals surface area contributed by atoms with Crippen LogP contribution in [0.15, 0.2) is 95.5 Å². The maximum atomic E-state index is 13.5. The van der Waals surface area contributed by atoms with Gasteiger partial charge in [0.2, 0.25) is 0 Å². The van der Waals surface area contributed by atoms with E-state index in [9.17, 15) is 4.39 Å². The van der Waals surface area contributed by atoms with E-state index in [1.807, 2.05) is 36.5 Å². The number of furan rings is 1. The molecule has 36 heavy (non-hydrogen) atoms. The number of hydrogen-bond acceptors (Lipinski definition) is 3. The van der Waals surface area contributed by atoms with E-state index in [1.54, 1.807) is 19.2 Å². The van der Waals surface area contributed by atoms with Crippen LogP contribution in [-0.4, -0.2) is 16.7 Å². The number of fused-ring (bicyclic) bond motifs is 7. The highest BCUT2D eigenvalue weighted by atomic mass is 19.1. The van der Waals surface area contributed by atoms with E-state index in [4.69, 9.17) is 14.1 Å². The van der Waals surface area contributed by atoms with E-state index in [0.29, 0.717) is 0 Å². The number of para-hydroxylation sites is 1. The highest BCUT2D eigenvalue weighted by molar-refractivity contribution is 6.23. The van der Waals surface area contributed by atoms with Crippen LogP contribution in [0.3, 0.4) is 0 Å². The molecule has 3 heterocycles. The Morgan fingerprint density at radius 2 is 1.64 bits per heavy atom. The predicted octanol–water partition coefficient (Wildman–Crippen LogP) is 8.20. The van der Waals surface area contributed by atoms with Crippen LogP contribution >= 0.6 is 0 Å². The number of benzene rings is 4. The van der Waals surface area contributed by atoms with Gasteiger partial charge >= 0.3 is 0 Å². The molecule has 0 spiro atoms. The van der Waals surface area contributed by atoms with Crippen molar-refractivity contribution in [3.8, 4) is 22.7 Å². The maximum Gasteiger partial charge on any atom is 0.145 e. The largest absolute Gasteiger partial charge is 0.497 e. The first-order valence-corrected chi connectivity index (χ1v) is 11.8. The third-order valence-corrected chi connectivity index (χ3v) is 6.96. The number of hydrogen-bond donors (Lipinski definition) is 0. The molecule has 0 aliphatic carbocycles. The van der Waals surface area contributed by atoms with E-state index < -0.39 is 0 Å². The van der Waals surface area contributed by atoms with Crippen molar-refractivity contribution in [2.75, 3.05) is 7.11 Å². The fourth-order valence-electron chi connectivity index (χ4n) is 5.23. The van der Waals surface area contributed by atoms with Crippen molar-refractivity contribution < 1.29 is 13.5 Å². The van der Waals surface area contributed by atoms with Gasteiger partial charge < -0.3 is 9.15 Å². The highest BCUT2D eigenvalue weighted by Gasteiger charge is 2.20. The van der Waals surface area contributed by atoms with E-state index in [2.05, 4.69) is 41.8 Å². The van der Waals surface area contributed by atoms with Gasteiger partial charge in [0.05, 0.1) is 23.5 Å². The molecule has 4 nitrogen and oxygen atoms in total. The molecule has 5 heteroatoms. The number of halogens is 1. The molecular formula is C31H21FN2O2. The van der Waals surface area contributed by atoms with Gasteiger partial charge in [0.25, 0.3) is 0 Å². The molecule has 0 aliphatic heterocycles. The zero-order valence-electron chi connectivity index (χ0n) is 19.7. The van der Waals surface area contributed by atoms with Gasteiger partial charge in [0, 0.05) is 34.0 Å². The topological polar surface area (TPSA) is 40.2 Å². The third kappa shape index (κ3) is 2.96. The summed E-state index contributed by atoms with van der Waals surface area (Å²) in [5.74, 6) is 1.31. The van der Waals surface area contributed by atoms with Crippen molar-refractivity contribution in [1.82, 2.24) is 9.55 Å². The predicted molar refractivity (Wildman–Crippen MR) is 143 cm³/mol. The monoisotopic (exact) mass is 472 g/mol. The Morgan fingerprint density at radius 1 is 0.833 bits per heavy atom. The number of pyridine rings is 1. The summed E-state index contributed by atoms with van der Waals surface area (Å²) in [4.78, 5) is 4.86. The fraction of sp³-hybridized carbons (Fsp3) is 0.0645. The van der Waals surface area contributed by atoms with Gasteiger partial charge in [-0.2, -0.15) is 0 Å². The Labute approximate surface area is 206 Å². The number of nitrogens with zero attached hydrogens (tertiary/aromatic N) is 2. The molecule has 0 radical (unpaired) electrons. The molecule has 0 atom stereocenters. The summed E-state index contributed by atoms with van der Waals surface area (Å²) in [5, 5.41) is 4.30. The normalized spacial score (nSPS) is 11.8. The molecule has 0 N–H and O–H groups in total. The first-order chi connectivity index (χ1) is 17.6. The van der Waals surface area contributed by atoms with E-state index in [1.165, 1.54) is 12.1 Å². The van der Waals surface area contributed by atoms with Gasteiger partial charge in [0.15, 0.2) is 0 Å². The van der Waals surface area contributed by atoms with Crippen molar-refractivity contribution in [2.45, 2.75) is 6.92 Å². The highest BCUT2D eigenvalue weighted by Crippen LogP contribution is 2.41. The molecule has 0 saturated carbocycles. The molecule has 4 aromatic carbocycles. The number of aromatic nitrogens is 2. The van der Waals surface area contributed by atoms with Crippen LogP contribution in [-0.2, 0) is 0 Å². The molecule has 0 bridgehead atoms. The van der Waals surface area contributed by atoms with Crippen molar-refractivity contribution in [2.24, 2.45) is 0 Å². The molecule has 0 aliphatic rings. The van der Waals surface area contributed by atoms with Gasteiger partial charge in [-0.05, 0) is 66.6 Å². The SMILES string of the molecule is COc1ccc2c3c4oc5ccccc5c4ccc3n(-c3cc(C)c(-c4ccc(F)cc4)cn3)c2c1. The van der Waals surface area contributed by atoms with E-state index in [-0.39, 0.29) is 5.82 Å². The van der Waals surface area contributed by atoms with Crippen LogP contribution in [0, 0.1) is 12.7 Å². The van der Waals surface area contributed by atoms with Crippen LogP contribution in [0.4, 0.5) is 4.39 Å². The van der Waals surface area contributed by atoms with Crippen LogP contribution in [0.25, 0.3) is 60.7 Å². The van der Waals surface area contributed by atoms with E-state index in [0.717, 1.165) is 72.0 Å². The summed E-state index contributed by atoms with van der Waals surface area (Å²) < 4.78 is 27.6. The minimum atomic E-state index is -0.253. The van der Waals surface area contributed by atoms with Gasteiger partial charge in [-0.3, -0.25) is 4.57 Å². The molecule has 174 valence electrons. The number of ether oxygens (including phenoxy) is 1. The van der Waals surface area contributed by atoms with Crippen LogP contribution < -0.4 is 4.74 Å². The fourth-order valence-corrected chi connectivity index (χ4v) is 5.23. The molecule has 3 aromatic heterocycles. The van der Waals surface area contributed by atoms with Gasteiger partial charge in [0.1, 0.15) is 28.6 Å². The molecule has 0 amide bonds. The Bertz CT molecular complexity index is 1950. The zero-order chi connectivity index (χ0) is 24.4. The first kappa shape index (κ1) is 20.7. The smallest absolute Gasteiger partial charge is 0.145 e. The lowest BCUT2D eigenvalue weighted by molar-refractivity contribution is 0.415. The summed E-state index contributed by atoms with van der Waals surface area (Å²) in [7, 11) is 1.67. The van der Waals surface area contributed by atoms with Crippen molar-refractivity contribution in [3.05, 3.63) is 103 Å². The standard InChI is InChI=1S/C31H21FN2O2/c1-18-15-29(33-17-25(18)19-7-9-20(32)10-8-19)34-26-14-13-23-22-5-3-4-6-28(22)36-31(23)30(26)24-12-11-21(35-2)16-27(24)34/h3-17H,1-2H3. The minimum absolute atomic E-state index is 0.253. The minimum Gasteiger partial charge on any atom is -0.497 e. The van der Waals surface area contributed by atoms with Gasteiger partial charge in [-0.15, -0.1) is 0 Å². The Hall–Kier alpha value is -4.64. The second-order valence-electron chi connectivity index (χ2n) is 9.02. The zero-order valence-corrected chi connectivity index (χ0v) is 19.7. The number of aryl methyl sites for hydroxylation is 1. The Balaban J connectivity index is 1.54. The molecular weight excluding hydrogens is 451 g/mol. The van der Waals surface area contributed by atoms with E-state index >= 15 is 0 Å². The summed E-state index contributed by atoms with van der Waals surface area (Å²) >= 11 is 0. The van der Waals surface area contributed by atoms with Crippen molar-refractivity contribution in [3.63, 3.8) is 0 Å². The summed E-state index contributed by atoms with van der Waals surface area (Å²) in [5.41, 5.74) is 6.67. The molecule has 0 unspecified atom stereocenters. The second-order valence-corrected chi connectivity index (χ2v) is 9.02. The molecule has 0 fully saturated rings. The third-order valence-electron chi connectivity index (χ3n) is 6.96. The average molecular weight is 473 g/mol. The lowest BCUT2D eigenvalue weighted by atomic mass is 10.0. The quantitative estimate of drug-likeness (QED) is 0.260. The Kier molecular flexibility index (Phi) is 4.42. The van der Waals surface area contributed by atoms with Crippen LogP contribution in [0.1, 0.15) is 5.56 Å². The van der Waals surface area contributed by atoms with Gasteiger partial charge in [-0.1, -0.05) is 30.3 Å². The summed E-state index contributed by atoms with van der Waals surface area (Å²) in [6.07, 6.45) is 1.86. The second kappa shape index (κ2) is 7.68. The van der Waals surface area contributed by atoms with Gasteiger partial charge in [-0.25, -0.2) is 9.37 Å². The average Bonchev–Trinajstić information content (AvgIpc) is 3.44. The summed E-state index contributed by atoms with van der Waals surface area (Å²) in [6, 6.07) is 27.0. The number of rotatable bonds is 3. The van der Waals surface area contributed by atoms with Crippen molar-refractivity contribution >= 4 is 43.7 Å².